The summed E-state index contributed by atoms with van der Waals surface area (Å²) in [6.45, 7) is 5.45. The summed E-state index contributed by atoms with van der Waals surface area (Å²) in [5, 5.41) is 2.95. The molecule has 16 heavy (non-hydrogen) atoms. The summed E-state index contributed by atoms with van der Waals surface area (Å²) in [4.78, 5) is 4.23. The van der Waals surface area contributed by atoms with Crippen molar-refractivity contribution in [2.45, 2.75) is 52.4 Å². The number of aliphatic imine (C=N–C) groups is 1. The number of nitrogens with one attached hydrogen (secondary N) is 1. The molecule has 92 valence electrons. The molecule has 0 atom stereocenters. The molecule has 0 aliphatic rings. The van der Waals surface area contributed by atoms with Crippen LogP contribution in [0.1, 0.15) is 52.4 Å². The molecule has 0 aliphatic heterocycles. The zero-order valence-electron chi connectivity index (χ0n) is 10.7. The number of unbranched alkanes of at least 4 members (excludes halogenated alkanes) is 5. The first-order valence-corrected chi connectivity index (χ1v) is 6.24. The molecule has 0 fully saturated rings. The molecule has 0 radical (unpaired) electrons. The van der Waals surface area contributed by atoms with E-state index in [1.807, 2.05) is 6.92 Å². The monoisotopic (exact) mass is 223 g/mol. The molecule has 0 heterocycles. The Morgan fingerprint density at radius 2 is 1.88 bits per heavy atom. The lowest BCUT2D eigenvalue weighted by molar-refractivity contribution is 0.612. The third-order valence-electron chi connectivity index (χ3n) is 2.33. The molecule has 3 nitrogen and oxygen atoms in total. The van der Waals surface area contributed by atoms with Crippen LogP contribution in [0.15, 0.2) is 4.99 Å². The van der Waals surface area contributed by atoms with Gasteiger partial charge in [-0.05, 0) is 13.3 Å². The third kappa shape index (κ3) is 10.9. The average molecular weight is 223 g/mol. The SMILES string of the molecule is CC#CCNC(N)=NCCCCCCCC. The van der Waals surface area contributed by atoms with Crippen LogP contribution >= 0.6 is 0 Å². The van der Waals surface area contributed by atoms with Crippen molar-refractivity contribution in [1.29, 1.82) is 0 Å². The van der Waals surface area contributed by atoms with E-state index in [0.29, 0.717) is 12.5 Å². The van der Waals surface area contributed by atoms with Gasteiger partial charge in [0.25, 0.3) is 0 Å². The second-order valence-electron chi connectivity index (χ2n) is 3.82. The van der Waals surface area contributed by atoms with Crippen molar-refractivity contribution in [3.05, 3.63) is 0 Å². The summed E-state index contributed by atoms with van der Waals surface area (Å²) >= 11 is 0. The highest BCUT2D eigenvalue weighted by Crippen LogP contribution is 2.04. The first kappa shape index (κ1) is 14.8. The smallest absolute Gasteiger partial charge is 0.189 e. The minimum atomic E-state index is 0.510. The summed E-state index contributed by atoms with van der Waals surface area (Å²) in [6, 6.07) is 0. The Morgan fingerprint density at radius 3 is 2.56 bits per heavy atom. The van der Waals surface area contributed by atoms with Crippen LogP contribution in [0.4, 0.5) is 0 Å². The van der Waals surface area contributed by atoms with Gasteiger partial charge in [0.15, 0.2) is 5.96 Å². The fraction of sp³-hybridized carbons (Fsp3) is 0.769. The summed E-state index contributed by atoms with van der Waals surface area (Å²) in [7, 11) is 0. The van der Waals surface area contributed by atoms with E-state index in [0.717, 1.165) is 13.0 Å². The van der Waals surface area contributed by atoms with Crippen molar-refractivity contribution in [1.82, 2.24) is 5.32 Å². The summed E-state index contributed by atoms with van der Waals surface area (Å²) in [5.74, 6) is 6.19. The predicted molar refractivity (Wildman–Crippen MR) is 71.3 cm³/mol. The van der Waals surface area contributed by atoms with E-state index in [1.165, 1.54) is 32.1 Å². The van der Waals surface area contributed by atoms with E-state index in [2.05, 4.69) is 29.1 Å². The maximum atomic E-state index is 5.65. The normalized spacial score (nSPS) is 10.8. The number of nitrogens with zero attached hydrogens (tertiary/aromatic N) is 1. The summed E-state index contributed by atoms with van der Waals surface area (Å²) in [6.07, 6.45) is 7.70. The maximum Gasteiger partial charge on any atom is 0.189 e. The Labute approximate surface area is 99.9 Å². The lowest BCUT2D eigenvalue weighted by Crippen LogP contribution is -2.32. The van der Waals surface area contributed by atoms with Crippen LogP contribution in [0.5, 0.6) is 0 Å². The molecule has 0 saturated carbocycles. The zero-order chi connectivity index (χ0) is 12.1. The topological polar surface area (TPSA) is 50.4 Å². The highest BCUT2D eigenvalue weighted by Gasteiger charge is 1.90. The molecule has 0 bridgehead atoms. The van der Waals surface area contributed by atoms with E-state index < -0.39 is 0 Å². The van der Waals surface area contributed by atoms with Gasteiger partial charge < -0.3 is 11.1 Å². The Bertz CT molecular complexity index is 235. The third-order valence-corrected chi connectivity index (χ3v) is 2.33. The van der Waals surface area contributed by atoms with E-state index in [-0.39, 0.29) is 0 Å². The minimum absolute atomic E-state index is 0.510. The lowest BCUT2D eigenvalue weighted by atomic mass is 10.1. The Balaban J connectivity index is 3.32. The fourth-order valence-corrected chi connectivity index (χ4v) is 1.37. The van der Waals surface area contributed by atoms with Crippen LogP contribution in [0.2, 0.25) is 0 Å². The van der Waals surface area contributed by atoms with Crippen LogP contribution < -0.4 is 11.1 Å². The first-order valence-electron chi connectivity index (χ1n) is 6.24. The van der Waals surface area contributed by atoms with Crippen LogP contribution in [0.25, 0.3) is 0 Å². The van der Waals surface area contributed by atoms with Crippen LogP contribution in [-0.2, 0) is 0 Å². The standard InChI is InChI=1S/C13H25N3/c1-3-5-7-8-9-10-12-16-13(14)15-11-6-4-2/h3,5,7-12H2,1-2H3,(H3,14,15,16). The average Bonchev–Trinajstić information content (AvgIpc) is 2.28. The first-order chi connectivity index (χ1) is 7.81. The molecule has 0 aliphatic carbocycles. The van der Waals surface area contributed by atoms with Gasteiger partial charge in [-0.25, -0.2) is 0 Å². The van der Waals surface area contributed by atoms with Crippen molar-refractivity contribution in [3.8, 4) is 11.8 Å². The van der Waals surface area contributed by atoms with Crippen molar-refractivity contribution in [2.75, 3.05) is 13.1 Å². The maximum absolute atomic E-state index is 5.65. The minimum Gasteiger partial charge on any atom is -0.370 e. The molecule has 0 rings (SSSR count). The van der Waals surface area contributed by atoms with Crippen molar-refractivity contribution < 1.29 is 0 Å². The quantitative estimate of drug-likeness (QED) is 0.287. The van der Waals surface area contributed by atoms with Crippen molar-refractivity contribution in [2.24, 2.45) is 10.7 Å². The molecule has 3 N–H and O–H groups in total. The molecule has 0 unspecified atom stereocenters. The van der Waals surface area contributed by atoms with Gasteiger partial charge in [0, 0.05) is 6.54 Å². The second-order valence-corrected chi connectivity index (χ2v) is 3.82. The van der Waals surface area contributed by atoms with E-state index in [4.69, 9.17) is 5.73 Å². The van der Waals surface area contributed by atoms with E-state index >= 15 is 0 Å². The fourth-order valence-electron chi connectivity index (χ4n) is 1.37. The summed E-state index contributed by atoms with van der Waals surface area (Å²) < 4.78 is 0. The lowest BCUT2D eigenvalue weighted by Gasteiger charge is -2.01. The Kier molecular flexibility index (Phi) is 11.0. The van der Waals surface area contributed by atoms with Gasteiger partial charge in [-0.3, -0.25) is 4.99 Å². The number of guanidine groups is 1. The number of nitrogens with two attached hydrogens (primary N) is 1. The Morgan fingerprint density at radius 1 is 1.19 bits per heavy atom. The molecule has 0 aromatic rings. The molecule has 0 aromatic carbocycles. The molecule has 3 heteroatoms. The molecule has 0 aromatic heterocycles. The number of hydrogen-bond donors (Lipinski definition) is 2. The molecule has 0 saturated heterocycles. The predicted octanol–water partition coefficient (Wildman–Crippen LogP) is 2.27. The zero-order valence-corrected chi connectivity index (χ0v) is 10.7. The van der Waals surface area contributed by atoms with Gasteiger partial charge >= 0.3 is 0 Å². The van der Waals surface area contributed by atoms with E-state index in [1.54, 1.807) is 0 Å². The molecular formula is C13H25N3. The van der Waals surface area contributed by atoms with Gasteiger partial charge in [-0.1, -0.05) is 44.9 Å². The number of hydrogen-bond acceptors (Lipinski definition) is 1. The van der Waals surface area contributed by atoms with Gasteiger partial charge in [0.05, 0.1) is 6.54 Å². The molecule has 0 spiro atoms. The highest BCUT2D eigenvalue weighted by atomic mass is 15.1. The van der Waals surface area contributed by atoms with Crippen molar-refractivity contribution in [3.63, 3.8) is 0 Å². The van der Waals surface area contributed by atoms with Crippen LogP contribution in [0, 0.1) is 11.8 Å². The van der Waals surface area contributed by atoms with Gasteiger partial charge in [0.1, 0.15) is 0 Å². The van der Waals surface area contributed by atoms with Gasteiger partial charge in [0.2, 0.25) is 0 Å². The second kappa shape index (κ2) is 11.9. The Hall–Kier alpha value is -1.17. The van der Waals surface area contributed by atoms with Gasteiger partial charge in [-0.15, -0.1) is 5.92 Å². The van der Waals surface area contributed by atoms with Crippen LogP contribution in [0.3, 0.4) is 0 Å². The summed E-state index contributed by atoms with van der Waals surface area (Å²) in [5.41, 5.74) is 5.65. The van der Waals surface area contributed by atoms with Gasteiger partial charge in [-0.2, -0.15) is 0 Å². The van der Waals surface area contributed by atoms with Crippen molar-refractivity contribution >= 4 is 5.96 Å². The number of rotatable bonds is 8. The van der Waals surface area contributed by atoms with Crippen LogP contribution in [-0.4, -0.2) is 19.0 Å². The molecule has 0 amide bonds. The van der Waals surface area contributed by atoms with E-state index in [9.17, 15) is 0 Å². The molecular weight excluding hydrogens is 198 g/mol. The largest absolute Gasteiger partial charge is 0.370 e. The highest BCUT2D eigenvalue weighted by molar-refractivity contribution is 5.78.